The fourth-order valence-electron chi connectivity index (χ4n) is 4.92. The minimum absolute atomic E-state index is 0.0165. The molecule has 2 amide bonds. The van der Waals surface area contributed by atoms with E-state index in [-0.39, 0.29) is 29.3 Å². The summed E-state index contributed by atoms with van der Waals surface area (Å²) in [6.07, 6.45) is -3.16. The van der Waals surface area contributed by atoms with Crippen LogP contribution < -0.4 is 15.8 Å². The number of benzene rings is 2. The fraction of sp³-hybridized carbons (Fsp3) is 0.310. The molecule has 0 bridgehead atoms. The maximum atomic E-state index is 14.5. The molecule has 3 heterocycles. The van der Waals surface area contributed by atoms with Crippen molar-refractivity contribution in [2.45, 2.75) is 43.7 Å². The number of nitrogens with two attached hydrogens (primary N) is 1. The molecule has 1 unspecified atom stereocenters. The van der Waals surface area contributed by atoms with Crippen LogP contribution in [0.2, 0.25) is 0 Å². The maximum Gasteiger partial charge on any atom is 0.398 e. The number of primary amides is 1. The van der Waals surface area contributed by atoms with Gasteiger partial charge in [-0.1, -0.05) is 18.2 Å². The van der Waals surface area contributed by atoms with Crippen molar-refractivity contribution in [2.75, 3.05) is 13.2 Å². The van der Waals surface area contributed by atoms with Crippen molar-refractivity contribution in [3.63, 3.8) is 0 Å². The van der Waals surface area contributed by atoms with E-state index in [0.29, 0.717) is 30.5 Å². The van der Waals surface area contributed by atoms with Gasteiger partial charge in [0.05, 0.1) is 11.4 Å². The van der Waals surface area contributed by atoms with Crippen LogP contribution >= 0.6 is 0 Å². The van der Waals surface area contributed by atoms with Crippen molar-refractivity contribution < 1.29 is 31.9 Å². The first-order chi connectivity index (χ1) is 19.0. The van der Waals surface area contributed by atoms with Crippen LogP contribution in [0.4, 0.5) is 23.2 Å². The Hall–Kier alpha value is -4.28. The lowest BCUT2D eigenvalue weighted by Crippen LogP contribution is -2.40. The van der Waals surface area contributed by atoms with Crippen LogP contribution in [0.1, 0.15) is 42.5 Å². The first-order valence-corrected chi connectivity index (χ1v) is 12.7. The van der Waals surface area contributed by atoms with Gasteiger partial charge in [0.2, 0.25) is 5.91 Å². The quantitative estimate of drug-likeness (QED) is 0.423. The van der Waals surface area contributed by atoms with E-state index in [1.807, 2.05) is 12.1 Å². The van der Waals surface area contributed by atoms with Crippen molar-refractivity contribution in [2.24, 2.45) is 10.7 Å². The van der Waals surface area contributed by atoms with Gasteiger partial charge in [0, 0.05) is 17.7 Å². The Bertz CT molecular complexity index is 1500. The average molecular weight is 555 g/mol. The van der Waals surface area contributed by atoms with E-state index in [0.717, 1.165) is 23.8 Å². The standard InChI is InChI=1S/C29H26F4N4O3/c1-28(27(34)39)15-40-25-19(28)13-23(37-24(25)17-9-11-18(30)12-10-17)20(29(31,32)33)14-35-26(38)22-8-4-6-16-5-2-3-7-21(16)36-22/h2-3,5,7,9-13,20H,4,6,8,14-15H2,1H3,(H2,34,39)(H,35,38)/t20?,28-/m0/s1. The summed E-state index contributed by atoms with van der Waals surface area (Å²) in [6, 6.07) is 13.5. The van der Waals surface area contributed by atoms with Gasteiger partial charge in [-0.3, -0.25) is 9.59 Å². The topological polar surface area (TPSA) is 107 Å². The summed E-state index contributed by atoms with van der Waals surface area (Å²) in [5, 5.41) is 2.39. The van der Waals surface area contributed by atoms with E-state index >= 15 is 0 Å². The lowest BCUT2D eigenvalue weighted by atomic mass is 9.82. The number of ether oxygens (including phenoxy) is 1. The fourth-order valence-corrected chi connectivity index (χ4v) is 4.92. The maximum absolute atomic E-state index is 14.5. The zero-order valence-electron chi connectivity index (χ0n) is 21.5. The Balaban J connectivity index is 1.51. The molecule has 2 aliphatic rings. The number of nitrogens with one attached hydrogen (secondary N) is 1. The minimum Gasteiger partial charge on any atom is -0.489 e. The Kier molecular flexibility index (Phi) is 7.07. The number of nitrogens with zero attached hydrogens (tertiary/aromatic N) is 2. The second-order valence-corrected chi connectivity index (χ2v) is 10.1. The number of hydrogen-bond donors (Lipinski definition) is 2. The number of carbonyl (C=O) groups excluding carboxylic acids is 2. The minimum atomic E-state index is -4.81. The van der Waals surface area contributed by atoms with E-state index < -0.39 is 47.4 Å². The molecule has 0 saturated heterocycles. The zero-order valence-corrected chi connectivity index (χ0v) is 21.5. The smallest absolute Gasteiger partial charge is 0.398 e. The molecule has 0 aliphatic carbocycles. The summed E-state index contributed by atoms with van der Waals surface area (Å²) in [5.74, 6) is -4.14. The van der Waals surface area contributed by atoms with Gasteiger partial charge in [-0.25, -0.2) is 14.4 Å². The normalized spacial score (nSPS) is 19.0. The number of fused-ring (bicyclic) bond motifs is 2. The van der Waals surface area contributed by atoms with Gasteiger partial charge in [0.25, 0.3) is 5.91 Å². The molecule has 208 valence electrons. The molecule has 11 heteroatoms. The van der Waals surface area contributed by atoms with Crippen molar-refractivity contribution in [3.8, 4) is 17.0 Å². The molecule has 0 radical (unpaired) electrons. The molecule has 2 atom stereocenters. The summed E-state index contributed by atoms with van der Waals surface area (Å²) in [5.41, 5.74) is 5.96. The summed E-state index contributed by atoms with van der Waals surface area (Å²) >= 11 is 0. The van der Waals surface area contributed by atoms with Gasteiger partial charge in [-0.2, -0.15) is 13.2 Å². The van der Waals surface area contributed by atoms with Gasteiger partial charge in [-0.05, 0) is 68.1 Å². The highest BCUT2D eigenvalue weighted by atomic mass is 19.4. The SMILES string of the molecule is C[C@]1(C(N)=O)COc2c1cc(C(CNC(=O)C1=Nc3ccccc3CCC1)C(F)(F)F)nc2-c1ccc(F)cc1. The number of amides is 2. The van der Waals surface area contributed by atoms with Crippen molar-refractivity contribution in [1.29, 1.82) is 0 Å². The van der Waals surface area contributed by atoms with E-state index in [1.165, 1.54) is 19.1 Å². The van der Waals surface area contributed by atoms with Gasteiger partial charge >= 0.3 is 6.18 Å². The van der Waals surface area contributed by atoms with Crippen LogP contribution in [0.25, 0.3) is 11.3 Å². The monoisotopic (exact) mass is 554 g/mol. The number of aliphatic imine (C=N–C) groups is 1. The first kappa shape index (κ1) is 27.3. The summed E-state index contributed by atoms with van der Waals surface area (Å²) in [4.78, 5) is 34.0. The molecule has 0 saturated carbocycles. The Morgan fingerprint density at radius 2 is 1.85 bits per heavy atom. The van der Waals surface area contributed by atoms with Gasteiger partial charge in [0.15, 0.2) is 0 Å². The number of hydrogen-bond acceptors (Lipinski definition) is 5. The lowest BCUT2D eigenvalue weighted by Gasteiger charge is -2.24. The molecule has 1 aromatic heterocycles. The number of halogens is 4. The number of alkyl halides is 3. The molecule has 5 rings (SSSR count). The molecular formula is C29H26F4N4O3. The van der Waals surface area contributed by atoms with Crippen molar-refractivity contribution >= 4 is 23.2 Å². The molecule has 2 aliphatic heterocycles. The van der Waals surface area contributed by atoms with E-state index in [1.54, 1.807) is 12.1 Å². The molecule has 3 N–H and O–H groups in total. The molecular weight excluding hydrogens is 528 g/mol. The van der Waals surface area contributed by atoms with Gasteiger partial charge in [-0.15, -0.1) is 0 Å². The highest BCUT2D eigenvalue weighted by molar-refractivity contribution is 6.39. The summed E-state index contributed by atoms with van der Waals surface area (Å²) in [7, 11) is 0. The van der Waals surface area contributed by atoms with Crippen molar-refractivity contribution in [3.05, 3.63) is 77.2 Å². The van der Waals surface area contributed by atoms with E-state index in [9.17, 15) is 27.2 Å². The number of aryl methyl sites for hydroxylation is 1. The lowest BCUT2D eigenvalue weighted by molar-refractivity contribution is -0.150. The second-order valence-electron chi connectivity index (χ2n) is 10.1. The molecule has 3 aromatic rings. The highest BCUT2D eigenvalue weighted by Gasteiger charge is 2.47. The average Bonchev–Trinajstić information content (AvgIpc) is 3.11. The number of pyridine rings is 1. The molecule has 0 fully saturated rings. The predicted molar refractivity (Wildman–Crippen MR) is 140 cm³/mol. The van der Waals surface area contributed by atoms with E-state index in [4.69, 9.17) is 10.5 Å². The molecule has 7 nitrogen and oxygen atoms in total. The number of rotatable bonds is 6. The van der Waals surface area contributed by atoms with E-state index in [2.05, 4.69) is 15.3 Å². The molecule has 0 spiro atoms. The molecule has 2 aromatic carbocycles. The van der Waals surface area contributed by atoms with Crippen LogP contribution in [-0.2, 0) is 21.4 Å². The van der Waals surface area contributed by atoms with Crippen LogP contribution in [0.15, 0.2) is 59.6 Å². The van der Waals surface area contributed by atoms with Crippen molar-refractivity contribution in [1.82, 2.24) is 10.3 Å². The van der Waals surface area contributed by atoms with Crippen LogP contribution in [0.5, 0.6) is 5.75 Å². The largest absolute Gasteiger partial charge is 0.489 e. The third-order valence-corrected chi connectivity index (χ3v) is 7.34. The number of para-hydroxylation sites is 1. The zero-order chi connectivity index (χ0) is 28.7. The highest BCUT2D eigenvalue weighted by Crippen LogP contribution is 2.46. The Labute approximate surface area is 227 Å². The number of carbonyl (C=O) groups is 2. The van der Waals surface area contributed by atoms with Crippen LogP contribution in [-0.4, -0.2) is 41.8 Å². The Morgan fingerprint density at radius 3 is 2.55 bits per heavy atom. The first-order valence-electron chi connectivity index (χ1n) is 12.7. The summed E-state index contributed by atoms with van der Waals surface area (Å²) in [6.45, 7) is 0.475. The van der Waals surface area contributed by atoms with Gasteiger partial charge in [0.1, 0.15) is 40.9 Å². The third-order valence-electron chi connectivity index (χ3n) is 7.34. The van der Waals surface area contributed by atoms with Crippen LogP contribution in [0, 0.1) is 5.82 Å². The predicted octanol–water partition coefficient (Wildman–Crippen LogP) is 4.89. The number of aromatic nitrogens is 1. The van der Waals surface area contributed by atoms with Crippen LogP contribution in [0.3, 0.4) is 0 Å². The molecule has 40 heavy (non-hydrogen) atoms. The second kappa shape index (κ2) is 10.4. The third kappa shape index (κ3) is 5.15. The van der Waals surface area contributed by atoms with Gasteiger partial charge < -0.3 is 15.8 Å². The Morgan fingerprint density at radius 1 is 1.12 bits per heavy atom. The summed E-state index contributed by atoms with van der Waals surface area (Å²) < 4.78 is 62.7.